The van der Waals surface area contributed by atoms with E-state index in [4.69, 9.17) is 11.6 Å². The zero-order valence-corrected chi connectivity index (χ0v) is 18.4. The molecule has 0 spiro atoms. The summed E-state index contributed by atoms with van der Waals surface area (Å²) < 4.78 is 68.3. The Balaban J connectivity index is 1.86. The van der Waals surface area contributed by atoms with E-state index in [2.05, 4.69) is 4.98 Å². The lowest BCUT2D eigenvalue weighted by Crippen LogP contribution is -2.41. The molecule has 1 unspecified atom stereocenters. The van der Waals surface area contributed by atoms with E-state index in [1.165, 1.54) is 32.2 Å². The Bertz CT molecular complexity index is 1330. The van der Waals surface area contributed by atoms with Crippen molar-refractivity contribution in [3.05, 3.63) is 87.6 Å². The Hall–Kier alpha value is -3.53. The topological polar surface area (TPSA) is 53.5 Å². The molecule has 0 aliphatic carbocycles. The molecular formula is C23H15ClF5N3O2. The summed E-state index contributed by atoms with van der Waals surface area (Å²) in [6, 6.07) is 7.43. The summed E-state index contributed by atoms with van der Waals surface area (Å²) in [7, 11) is 1.18. The van der Waals surface area contributed by atoms with Crippen molar-refractivity contribution < 1.29 is 31.5 Å². The number of hydrogen-bond donors (Lipinski definition) is 0. The number of anilines is 2. The average Bonchev–Trinajstić information content (AvgIpc) is 3.07. The van der Waals surface area contributed by atoms with Crippen LogP contribution in [0.5, 0.6) is 0 Å². The minimum Gasteiger partial charge on any atom is -0.311 e. The van der Waals surface area contributed by atoms with Gasteiger partial charge < -0.3 is 4.90 Å². The molecular weight excluding hydrogens is 481 g/mol. The van der Waals surface area contributed by atoms with Crippen molar-refractivity contribution in [1.82, 2.24) is 4.98 Å². The van der Waals surface area contributed by atoms with Gasteiger partial charge in [-0.1, -0.05) is 29.8 Å². The maximum atomic E-state index is 14.4. The van der Waals surface area contributed by atoms with E-state index >= 15 is 0 Å². The normalized spacial score (nSPS) is 15.5. The molecule has 0 bridgehead atoms. The second kappa shape index (κ2) is 8.35. The summed E-state index contributed by atoms with van der Waals surface area (Å²) in [5.74, 6) is -4.12. The first-order chi connectivity index (χ1) is 15.9. The van der Waals surface area contributed by atoms with Gasteiger partial charge in [0.25, 0.3) is 11.8 Å². The van der Waals surface area contributed by atoms with Gasteiger partial charge >= 0.3 is 6.18 Å². The number of hydrogen-bond acceptors (Lipinski definition) is 3. The fourth-order valence-corrected chi connectivity index (χ4v) is 3.96. The molecule has 4 rings (SSSR count). The number of amides is 2. The molecule has 2 aromatic carbocycles. The number of pyridine rings is 1. The molecule has 1 aromatic heterocycles. The Morgan fingerprint density at radius 1 is 1.09 bits per heavy atom. The summed E-state index contributed by atoms with van der Waals surface area (Å²) in [5, 5.41) is -0.439. The number of fused-ring (bicyclic) bond motifs is 1. The van der Waals surface area contributed by atoms with Crippen LogP contribution < -0.4 is 9.80 Å². The third-order valence-corrected chi connectivity index (χ3v) is 5.68. The molecule has 3 aromatic rings. The van der Waals surface area contributed by atoms with E-state index in [1.54, 1.807) is 6.07 Å². The van der Waals surface area contributed by atoms with Gasteiger partial charge in [-0.15, -0.1) is 0 Å². The Morgan fingerprint density at radius 2 is 1.76 bits per heavy atom. The minimum absolute atomic E-state index is 0.0236. The molecule has 2 amide bonds. The molecule has 1 aliphatic rings. The number of rotatable bonds is 3. The highest BCUT2D eigenvalue weighted by molar-refractivity contribution is 6.31. The number of aryl methyl sites for hydroxylation is 1. The lowest BCUT2D eigenvalue weighted by molar-refractivity contribution is -0.137. The second-order valence-corrected chi connectivity index (χ2v) is 8.04. The van der Waals surface area contributed by atoms with E-state index in [-0.39, 0.29) is 22.5 Å². The largest absolute Gasteiger partial charge is 0.416 e. The van der Waals surface area contributed by atoms with E-state index in [0.29, 0.717) is 12.1 Å². The molecule has 0 radical (unpaired) electrons. The van der Waals surface area contributed by atoms with E-state index in [1.807, 2.05) is 0 Å². The van der Waals surface area contributed by atoms with Crippen molar-refractivity contribution in [1.29, 1.82) is 0 Å². The number of halogens is 6. The molecule has 0 fully saturated rings. The van der Waals surface area contributed by atoms with Crippen LogP contribution in [0.4, 0.5) is 33.5 Å². The summed E-state index contributed by atoms with van der Waals surface area (Å²) in [6.07, 6.45) is -4.72. The summed E-state index contributed by atoms with van der Waals surface area (Å²) >= 11 is 5.74. The maximum absolute atomic E-state index is 14.4. The minimum atomic E-state index is -4.72. The van der Waals surface area contributed by atoms with Crippen LogP contribution in [0.25, 0.3) is 0 Å². The quantitative estimate of drug-likeness (QED) is 0.346. The van der Waals surface area contributed by atoms with E-state index < -0.39 is 52.1 Å². The van der Waals surface area contributed by atoms with Crippen molar-refractivity contribution in [2.75, 3.05) is 16.8 Å². The van der Waals surface area contributed by atoms with Crippen molar-refractivity contribution in [2.45, 2.75) is 19.1 Å². The van der Waals surface area contributed by atoms with E-state index in [9.17, 15) is 31.5 Å². The van der Waals surface area contributed by atoms with Gasteiger partial charge in [0.2, 0.25) is 0 Å². The van der Waals surface area contributed by atoms with Gasteiger partial charge in [-0.2, -0.15) is 13.2 Å². The van der Waals surface area contributed by atoms with Gasteiger partial charge in [-0.05, 0) is 36.8 Å². The molecule has 0 N–H and O–H groups in total. The predicted octanol–water partition coefficient (Wildman–Crippen LogP) is 5.70. The molecule has 176 valence electrons. The number of aromatic nitrogens is 1. The molecule has 34 heavy (non-hydrogen) atoms. The predicted molar refractivity (Wildman–Crippen MR) is 115 cm³/mol. The first kappa shape index (κ1) is 23.6. The molecule has 0 saturated carbocycles. The lowest BCUT2D eigenvalue weighted by atomic mass is 10.0. The number of carbonyl (C=O) groups excluding carboxylic acids is 2. The van der Waals surface area contributed by atoms with Gasteiger partial charge in [-0.3, -0.25) is 14.5 Å². The van der Waals surface area contributed by atoms with Crippen LogP contribution >= 0.6 is 11.6 Å². The molecule has 11 heteroatoms. The third kappa shape index (κ3) is 3.98. The third-order valence-electron chi connectivity index (χ3n) is 5.39. The number of likely N-dealkylation sites (N-methyl/N-ethyl adjacent to an activating group) is 1. The SMILES string of the molecule is Cc1cc(C(F)(F)F)cc(N2C(=O)c3ccccc3C2C(=O)N(C)c2cc(Cl)c(F)cc2F)n1. The summed E-state index contributed by atoms with van der Waals surface area (Å²) in [6.45, 7) is 1.32. The first-order valence-corrected chi connectivity index (χ1v) is 10.2. The molecule has 5 nitrogen and oxygen atoms in total. The van der Waals surface area contributed by atoms with Crippen molar-refractivity contribution in [3.8, 4) is 0 Å². The van der Waals surface area contributed by atoms with Crippen molar-refractivity contribution in [3.63, 3.8) is 0 Å². The number of nitrogens with zero attached hydrogens (tertiary/aromatic N) is 3. The highest BCUT2D eigenvalue weighted by atomic mass is 35.5. The highest BCUT2D eigenvalue weighted by Gasteiger charge is 2.45. The lowest BCUT2D eigenvalue weighted by Gasteiger charge is -2.29. The smallest absolute Gasteiger partial charge is 0.311 e. The first-order valence-electron chi connectivity index (χ1n) is 9.80. The molecule has 0 saturated heterocycles. The number of carbonyl (C=O) groups is 2. The van der Waals surface area contributed by atoms with Gasteiger partial charge in [0.1, 0.15) is 23.5 Å². The maximum Gasteiger partial charge on any atom is 0.416 e. The number of alkyl halides is 3. The molecule has 1 atom stereocenters. The Kier molecular flexibility index (Phi) is 5.80. The van der Waals surface area contributed by atoms with Crippen molar-refractivity contribution >= 4 is 34.9 Å². The Labute approximate surface area is 195 Å². The van der Waals surface area contributed by atoms with Crippen LogP contribution in [0.3, 0.4) is 0 Å². The van der Waals surface area contributed by atoms with Crippen LogP contribution in [0.2, 0.25) is 5.02 Å². The molecule has 1 aliphatic heterocycles. The standard InChI is InChI=1S/C23H15ClF5N3O2/c1-11-7-12(23(27,28)29)8-19(30-11)32-20(13-5-3-4-6-14(13)21(32)33)22(34)31(2)18-9-15(24)16(25)10-17(18)26/h3-10,20H,1-2H3. The van der Waals surface area contributed by atoms with Gasteiger partial charge in [0.05, 0.1) is 16.3 Å². The zero-order valence-electron chi connectivity index (χ0n) is 17.6. The average molecular weight is 496 g/mol. The van der Waals surface area contributed by atoms with Crippen LogP contribution in [0.1, 0.15) is 33.2 Å². The number of benzene rings is 2. The van der Waals surface area contributed by atoms with Crippen LogP contribution in [0.15, 0.2) is 48.5 Å². The van der Waals surface area contributed by atoms with Crippen LogP contribution in [-0.4, -0.2) is 23.8 Å². The fourth-order valence-electron chi connectivity index (χ4n) is 3.81. The molecule has 2 heterocycles. The summed E-state index contributed by atoms with van der Waals surface area (Å²) in [4.78, 5) is 32.5. The van der Waals surface area contributed by atoms with E-state index in [0.717, 1.165) is 21.9 Å². The van der Waals surface area contributed by atoms with Crippen LogP contribution in [-0.2, 0) is 11.0 Å². The van der Waals surface area contributed by atoms with Crippen LogP contribution in [0, 0.1) is 18.6 Å². The monoisotopic (exact) mass is 495 g/mol. The van der Waals surface area contributed by atoms with Gasteiger partial charge in [-0.25, -0.2) is 13.8 Å². The summed E-state index contributed by atoms with van der Waals surface area (Å²) in [5.41, 5.74) is -1.15. The van der Waals surface area contributed by atoms with Gasteiger partial charge in [0.15, 0.2) is 0 Å². The second-order valence-electron chi connectivity index (χ2n) is 7.63. The highest BCUT2D eigenvalue weighted by Crippen LogP contribution is 2.41. The fraction of sp³-hybridized carbons (Fsp3) is 0.174. The Morgan fingerprint density at radius 3 is 2.44 bits per heavy atom. The van der Waals surface area contributed by atoms with Crippen molar-refractivity contribution in [2.24, 2.45) is 0 Å². The van der Waals surface area contributed by atoms with Gasteiger partial charge in [0, 0.05) is 24.4 Å². The zero-order chi connectivity index (χ0) is 24.9.